The number of aromatic nitrogens is 1. The SMILES string of the molecule is Cc1ccc(C(=O)c2sc3nc(C)cc(C)c3c2N)c(C)c1. The van der Waals surface area contributed by atoms with E-state index in [4.69, 9.17) is 5.73 Å². The summed E-state index contributed by atoms with van der Waals surface area (Å²) in [6.07, 6.45) is 0. The molecular weight excluding hydrogens is 292 g/mol. The summed E-state index contributed by atoms with van der Waals surface area (Å²) in [6, 6.07) is 7.85. The molecule has 2 aromatic heterocycles. The normalized spacial score (nSPS) is 11.1. The molecule has 2 N–H and O–H groups in total. The summed E-state index contributed by atoms with van der Waals surface area (Å²) in [7, 11) is 0. The van der Waals surface area contributed by atoms with E-state index in [1.807, 2.05) is 52.0 Å². The molecule has 1 aromatic carbocycles. The fourth-order valence-corrected chi connectivity index (χ4v) is 4.00. The predicted molar refractivity (Wildman–Crippen MR) is 92.9 cm³/mol. The van der Waals surface area contributed by atoms with Crippen molar-refractivity contribution < 1.29 is 4.79 Å². The smallest absolute Gasteiger partial charge is 0.205 e. The van der Waals surface area contributed by atoms with E-state index in [2.05, 4.69) is 4.98 Å². The van der Waals surface area contributed by atoms with Gasteiger partial charge in [0.05, 0.1) is 5.69 Å². The van der Waals surface area contributed by atoms with Gasteiger partial charge in [0.25, 0.3) is 0 Å². The molecule has 3 rings (SSSR count). The second-order valence-corrected chi connectivity index (χ2v) is 6.75. The molecule has 112 valence electrons. The summed E-state index contributed by atoms with van der Waals surface area (Å²) < 4.78 is 0. The molecule has 2 heterocycles. The number of nitrogens with two attached hydrogens (primary N) is 1. The standard InChI is InChI=1S/C18H18N2OS/c1-9-5-6-13(10(2)7-9)16(21)17-15(19)14-11(3)8-12(4)20-18(14)22-17/h5-8H,19H2,1-4H3. The molecule has 22 heavy (non-hydrogen) atoms. The Morgan fingerprint density at radius 2 is 1.82 bits per heavy atom. The van der Waals surface area contributed by atoms with E-state index < -0.39 is 0 Å². The Labute approximate surface area is 133 Å². The number of pyridine rings is 1. The monoisotopic (exact) mass is 310 g/mol. The number of carbonyl (C=O) groups is 1. The summed E-state index contributed by atoms with van der Waals surface area (Å²) in [5.41, 5.74) is 11.6. The lowest BCUT2D eigenvalue weighted by Gasteiger charge is -2.05. The molecule has 0 aliphatic heterocycles. The Morgan fingerprint density at radius 3 is 2.50 bits per heavy atom. The highest BCUT2D eigenvalue weighted by Crippen LogP contribution is 2.36. The average molecular weight is 310 g/mol. The van der Waals surface area contributed by atoms with Gasteiger partial charge in [0.1, 0.15) is 9.71 Å². The van der Waals surface area contributed by atoms with Crippen LogP contribution >= 0.6 is 11.3 Å². The van der Waals surface area contributed by atoms with Gasteiger partial charge < -0.3 is 5.73 Å². The van der Waals surface area contributed by atoms with Gasteiger partial charge in [-0.2, -0.15) is 0 Å². The molecule has 0 bridgehead atoms. The van der Waals surface area contributed by atoms with E-state index in [0.717, 1.165) is 32.6 Å². The predicted octanol–water partition coefficient (Wildman–Crippen LogP) is 4.34. The first-order valence-corrected chi connectivity index (χ1v) is 7.98. The van der Waals surface area contributed by atoms with Crippen molar-refractivity contribution in [2.24, 2.45) is 0 Å². The van der Waals surface area contributed by atoms with Crippen molar-refractivity contribution in [1.82, 2.24) is 4.98 Å². The van der Waals surface area contributed by atoms with Crippen LogP contribution in [0.15, 0.2) is 24.3 Å². The topological polar surface area (TPSA) is 56.0 Å². The molecule has 0 saturated carbocycles. The van der Waals surface area contributed by atoms with Crippen molar-refractivity contribution in [1.29, 1.82) is 0 Å². The Bertz CT molecular complexity index is 909. The molecule has 4 heteroatoms. The van der Waals surface area contributed by atoms with Crippen molar-refractivity contribution in [3.8, 4) is 0 Å². The van der Waals surface area contributed by atoms with Crippen molar-refractivity contribution in [3.63, 3.8) is 0 Å². The van der Waals surface area contributed by atoms with E-state index in [1.54, 1.807) is 0 Å². The van der Waals surface area contributed by atoms with Crippen LogP contribution < -0.4 is 5.73 Å². The van der Waals surface area contributed by atoms with Crippen LogP contribution in [0, 0.1) is 27.7 Å². The number of fused-ring (bicyclic) bond motifs is 1. The van der Waals surface area contributed by atoms with Gasteiger partial charge in [0, 0.05) is 16.6 Å². The van der Waals surface area contributed by atoms with Crippen LogP contribution in [-0.4, -0.2) is 10.8 Å². The van der Waals surface area contributed by atoms with Crippen LogP contribution in [-0.2, 0) is 0 Å². The van der Waals surface area contributed by atoms with Crippen LogP contribution in [0.5, 0.6) is 0 Å². The summed E-state index contributed by atoms with van der Waals surface area (Å²) in [6.45, 7) is 7.93. The fourth-order valence-electron chi connectivity index (χ4n) is 2.83. The highest BCUT2D eigenvalue weighted by atomic mass is 32.1. The maximum Gasteiger partial charge on any atom is 0.205 e. The second-order valence-electron chi connectivity index (χ2n) is 5.75. The highest BCUT2D eigenvalue weighted by molar-refractivity contribution is 7.21. The van der Waals surface area contributed by atoms with Crippen LogP contribution in [0.25, 0.3) is 10.2 Å². The minimum atomic E-state index is -0.0185. The maximum atomic E-state index is 12.9. The largest absolute Gasteiger partial charge is 0.397 e. The lowest BCUT2D eigenvalue weighted by molar-refractivity contribution is 0.104. The molecule has 0 radical (unpaired) electrons. The first-order valence-electron chi connectivity index (χ1n) is 7.16. The number of thiophene rings is 1. The number of aryl methyl sites for hydroxylation is 4. The number of benzene rings is 1. The van der Waals surface area contributed by atoms with Crippen molar-refractivity contribution >= 4 is 33.0 Å². The zero-order valence-electron chi connectivity index (χ0n) is 13.2. The minimum Gasteiger partial charge on any atom is -0.397 e. The molecule has 0 spiro atoms. The Kier molecular flexibility index (Phi) is 3.49. The van der Waals surface area contributed by atoms with Crippen LogP contribution in [0.3, 0.4) is 0 Å². The number of carbonyl (C=O) groups excluding carboxylic acids is 1. The Balaban J connectivity index is 2.20. The van der Waals surface area contributed by atoms with E-state index in [1.165, 1.54) is 11.3 Å². The Morgan fingerprint density at radius 1 is 1.09 bits per heavy atom. The second kappa shape index (κ2) is 5.21. The van der Waals surface area contributed by atoms with Gasteiger partial charge in [-0.25, -0.2) is 4.98 Å². The number of ketones is 1. The first-order chi connectivity index (χ1) is 10.4. The molecular formula is C18H18N2OS. The third-order valence-corrected chi connectivity index (χ3v) is 4.96. The number of rotatable bonds is 2. The number of hydrogen-bond donors (Lipinski definition) is 1. The molecule has 0 fully saturated rings. The van der Waals surface area contributed by atoms with Crippen molar-refractivity contribution in [2.45, 2.75) is 27.7 Å². The third-order valence-electron chi connectivity index (χ3n) is 3.86. The molecule has 0 aliphatic rings. The Hall–Kier alpha value is -2.20. The quantitative estimate of drug-likeness (QED) is 0.716. The van der Waals surface area contributed by atoms with Crippen LogP contribution in [0.2, 0.25) is 0 Å². The molecule has 0 atom stereocenters. The zero-order chi connectivity index (χ0) is 16.0. The minimum absolute atomic E-state index is 0.0185. The highest BCUT2D eigenvalue weighted by Gasteiger charge is 2.21. The van der Waals surface area contributed by atoms with Crippen LogP contribution in [0.1, 0.15) is 37.6 Å². The van der Waals surface area contributed by atoms with E-state index >= 15 is 0 Å². The van der Waals surface area contributed by atoms with Gasteiger partial charge in [0.15, 0.2) is 0 Å². The maximum absolute atomic E-state index is 12.9. The van der Waals surface area contributed by atoms with Crippen LogP contribution in [0.4, 0.5) is 5.69 Å². The molecule has 0 amide bonds. The van der Waals surface area contributed by atoms with Gasteiger partial charge >= 0.3 is 0 Å². The summed E-state index contributed by atoms with van der Waals surface area (Å²) in [4.78, 5) is 18.8. The van der Waals surface area contributed by atoms with Gasteiger partial charge in [-0.1, -0.05) is 23.8 Å². The van der Waals surface area contributed by atoms with Gasteiger partial charge in [-0.05, 0) is 44.9 Å². The fraction of sp³-hybridized carbons (Fsp3) is 0.222. The number of nitrogen functional groups attached to an aromatic ring is 1. The lowest BCUT2D eigenvalue weighted by atomic mass is 10.0. The molecule has 3 aromatic rings. The van der Waals surface area contributed by atoms with Gasteiger partial charge in [-0.3, -0.25) is 4.79 Å². The van der Waals surface area contributed by atoms with Gasteiger partial charge in [0.2, 0.25) is 5.78 Å². The summed E-state index contributed by atoms with van der Waals surface area (Å²) in [5, 5.41) is 0.906. The van der Waals surface area contributed by atoms with E-state index in [9.17, 15) is 4.79 Å². The summed E-state index contributed by atoms with van der Waals surface area (Å²) >= 11 is 1.38. The first kappa shape index (κ1) is 14.7. The van der Waals surface area contributed by atoms with E-state index in [0.29, 0.717) is 16.1 Å². The number of nitrogens with zero attached hydrogens (tertiary/aromatic N) is 1. The number of anilines is 1. The summed E-state index contributed by atoms with van der Waals surface area (Å²) in [5.74, 6) is -0.0185. The van der Waals surface area contributed by atoms with Crippen molar-refractivity contribution in [3.05, 3.63) is 57.1 Å². The lowest BCUT2D eigenvalue weighted by Crippen LogP contribution is -2.04. The molecule has 0 saturated heterocycles. The third kappa shape index (κ3) is 2.29. The van der Waals surface area contributed by atoms with Gasteiger partial charge in [-0.15, -0.1) is 11.3 Å². The van der Waals surface area contributed by atoms with E-state index in [-0.39, 0.29) is 5.78 Å². The average Bonchev–Trinajstić information content (AvgIpc) is 2.75. The number of hydrogen-bond acceptors (Lipinski definition) is 4. The molecule has 0 unspecified atom stereocenters. The zero-order valence-corrected chi connectivity index (χ0v) is 14.0. The van der Waals surface area contributed by atoms with Crippen molar-refractivity contribution in [2.75, 3.05) is 5.73 Å². The molecule has 0 aliphatic carbocycles. The molecule has 3 nitrogen and oxygen atoms in total.